The molecule has 0 aliphatic carbocycles. The molecule has 168 valence electrons. The molecule has 3 aromatic carbocycles. The first-order chi connectivity index (χ1) is 15.9. The van der Waals surface area contributed by atoms with Crippen molar-refractivity contribution in [2.24, 2.45) is 0 Å². The van der Waals surface area contributed by atoms with Crippen LogP contribution < -0.4 is 15.5 Å². The monoisotopic (exact) mass is 449 g/mol. The number of halogens is 1. The van der Waals surface area contributed by atoms with E-state index in [4.69, 9.17) is 9.15 Å². The lowest BCUT2D eigenvalue weighted by Crippen LogP contribution is -2.38. The zero-order valence-electron chi connectivity index (χ0n) is 17.3. The molecule has 0 bridgehead atoms. The van der Waals surface area contributed by atoms with Gasteiger partial charge in [0.15, 0.2) is 0 Å². The summed E-state index contributed by atoms with van der Waals surface area (Å²) in [5, 5.41) is 23.0. The Balaban J connectivity index is 1.60. The van der Waals surface area contributed by atoms with E-state index in [1.165, 1.54) is 36.4 Å². The van der Waals surface area contributed by atoms with Crippen LogP contribution in [0.2, 0.25) is 0 Å². The number of fused-ring (bicyclic) bond motifs is 1. The standard InChI is InChI=1S/C25H20FNO6/c26-16-6-8-17(9-7-16)33-22-14-32-24-18(23(22)29)10-11-21(28)19(24)13-27-20(25(30)31)12-15-4-2-1-3-5-15/h1-11,14,20,27-28H,12-13H2,(H,30,31). The Morgan fingerprint density at radius 1 is 1.06 bits per heavy atom. The van der Waals surface area contributed by atoms with Crippen LogP contribution >= 0.6 is 0 Å². The van der Waals surface area contributed by atoms with E-state index in [0.29, 0.717) is 0 Å². The molecule has 33 heavy (non-hydrogen) atoms. The molecular formula is C25H20FNO6. The summed E-state index contributed by atoms with van der Waals surface area (Å²) >= 11 is 0. The normalized spacial score (nSPS) is 11.9. The summed E-state index contributed by atoms with van der Waals surface area (Å²) in [5.74, 6) is -1.48. The van der Waals surface area contributed by atoms with Crippen LogP contribution in [0.3, 0.4) is 0 Å². The predicted molar refractivity (Wildman–Crippen MR) is 119 cm³/mol. The number of aliphatic carboxylic acids is 1. The number of aromatic hydroxyl groups is 1. The van der Waals surface area contributed by atoms with Crippen molar-refractivity contribution in [2.45, 2.75) is 19.0 Å². The van der Waals surface area contributed by atoms with Gasteiger partial charge in [-0.2, -0.15) is 0 Å². The predicted octanol–water partition coefficient (Wildman–Crippen LogP) is 4.22. The van der Waals surface area contributed by atoms with Gasteiger partial charge in [-0.15, -0.1) is 0 Å². The minimum Gasteiger partial charge on any atom is -0.507 e. The Bertz CT molecular complexity index is 1340. The molecule has 0 aliphatic heterocycles. The average Bonchev–Trinajstić information content (AvgIpc) is 2.81. The molecule has 3 N–H and O–H groups in total. The zero-order valence-corrected chi connectivity index (χ0v) is 17.3. The Morgan fingerprint density at radius 2 is 1.79 bits per heavy atom. The number of carboxylic acid groups (broad SMARTS) is 1. The van der Waals surface area contributed by atoms with E-state index in [2.05, 4.69) is 5.32 Å². The summed E-state index contributed by atoms with van der Waals surface area (Å²) in [7, 11) is 0. The molecule has 0 fully saturated rings. The molecule has 0 spiro atoms. The summed E-state index contributed by atoms with van der Waals surface area (Å²) in [6, 6.07) is 16.1. The van der Waals surface area contributed by atoms with E-state index in [1.54, 1.807) is 0 Å². The minimum absolute atomic E-state index is 0.0475. The number of nitrogens with one attached hydrogen (secondary N) is 1. The molecule has 8 heteroatoms. The zero-order chi connectivity index (χ0) is 23.4. The molecule has 1 heterocycles. The largest absolute Gasteiger partial charge is 0.507 e. The molecule has 1 aromatic heterocycles. The fourth-order valence-electron chi connectivity index (χ4n) is 3.42. The third-order valence-corrected chi connectivity index (χ3v) is 5.14. The van der Waals surface area contributed by atoms with Gasteiger partial charge >= 0.3 is 5.97 Å². The van der Waals surface area contributed by atoms with Gasteiger partial charge in [-0.05, 0) is 48.4 Å². The number of hydrogen-bond donors (Lipinski definition) is 3. The Labute approximate surface area is 187 Å². The van der Waals surface area contributed by atoms with Crippen LogP contribution in [0.1, 0.15) is 11.1 Å². The topological polar surface area (TPSA) is 109 Å². The highest BCUT2D eigenvalue weighted by molar-refractivity contribution is 5.83. The summed E-state index contributed by atoms with van der Waals surface area (Å²) in [4.78, 5) is 24.6. The molecule has 4 aromatic rings. The van der Waals surface area contributed by atoms with Gasteiger partial charge in [0.05, 0.1) is 10.9 Å². The number of phenolic OH excluding ortho intramolecular Hbond substituents is 1. The maximum Gasteiger partial charge on any atom is 0.321 e. The SMILES string of the molecule is O=C(O)C(Cc1ccccc1)NCc1c(O)ccc2c(=O)c(Oc3ccc(F)cc3)coc12. The number of carboxylic acids is 1. The molecule has 0 amide bonds. The molecule has 4 rings (SSSR count). The lowest BCUT2D eigenvalue weighted by atomic mass is 10.0. The van der Waals surface area contributed by atoms with E-state index >= 15 is 0 Å². The van der Waals surface area contributed by atoms with Crippen LogP contribution in [-0.2, 0) is 17.8 Å². The van der Waals surface area contributed by atoms with Crippen molar-refractivity contribution in [2.75, 3.05) is 0 Å². The van der Waals surface area contributed by atoms with Gasteiger partial charge in [0.1, 0.15) is 35.2 Å². The molecule has 0 radical (unpaired) electrons. The number of rotatable bonds is 8. The fourth-order valence-corrected chi connectivity index (χ4v) is 3.42. The highest BCUT2D eigenvalue weighted by atomic mass is 19.1. The van der Waals surface area contributed by atoms with Gasteiger partial charge in [0.25, 0.3) is 0 Å². The lowest BCUT2D eigenvalue weighted by Gasteiger charge is -2.16. The third kappa shape index (κ3) is 5.02. The first-order valence-electron chi connectivity index (χ1n) is 10.1. The first kappa shape index (κ1) is 22.0. The van der Waals surface area contributed by atoms with Crippen molar-refractivity contribution in [3.05, 3.63) is 100 Å². The van der Waals surface area contributed by atoms with Crippen LogP contribution in [-0.4, -0.2) is 22.2 Å². The second-order valence-corrected chi connectivity index (χ2v) is 7.39. The highest BCUT2D eigenvalue weighted by Crippen LogP contribution is 2.28. The van der Waals surface area contributed by atoms with Crippen LogP contribution in [0.4, 0.5) is 4.39 Å². The van der Waals surface area contributed by atoms with Gasteiger partial charge in [0.2, 0.25) is 11.2 Å². The quantitative estimate of drug-likeness (QED) is 0.370. The Kier molecular flexibility index (Phi) is 6.37. The van der Waals surface area contributed by atoms with E-state index in [1.807, 2.05) is 30.3 Å². The second kappa shape index (κ2) is 9.54. The van der Waals surface area contributed by atoms with Crippen molar-refractivity contribution in [3.63, 3.8) is 0 Å². The fraction of sp³-hybridized carbons (Fsp3) is 0.120. The molecule has 1 unspecified atom stereocenters. The number of ether oxygens (including phenoxy) is 1. The van der Waals surface area contributed by atoms with Crippen LogP contribution in [0.15, 0.2) is 82.2 Å². The van der Waals surface area contributed by atoms with Crippen molar-refractivity contribution in [3.8, 4) is 17.2 Å². The van der Waals surface area contributed by atoms with Crippen LogP contribution in [0, 0.1) is 5.82 Å². The minimum atomic E-state index is -1.05. The first-order valence-corrected chi connectivity index (χ1v) is 10.1. The summed E-state index contributed by atoms with van der Waals surface area (Å²) in [6.45, 7) is -0.0475. The highest BCUT2D eigenvalue weighted by Gasteiger charge is 2.20. The molecule has 0 aliphatic rings. The Hall–Kier alpha value is -4.17. The number of hydrogen-bond acceptors (Lipinski definition) is 6. The van der Waals surface area contributed by atoms with Crippen LogP contribution in [0.5, 0.6) is 17.2 Å². The van der Waals surface area contributed by atoms with Crippen LogP contribution in [0.25, 0.3) is 11.0 Å². The smallest absolute Gasteiger partial charge is 0.321 e. The van der Waals surface area contributed by atoms with Crippen molar-refractivity contribution >= 4 is 16.9 Å². The number of phenols is 1. The third-order valence-electron chi connectivity index (χ3n) is 5.14. The van der Waals surface area contributed by atoms with E-state index < -0.39 is 23.3 Å². The molecule has 1 atom stereocenters. The maximum atomic E-state index is 13.1. The maximum absolute atomic E-state index is 13.1. The molecule has 0 saturated heterocycles. The number of benzene rings is 3. The molecular weight excluding hydrogens is 429 g/mol. The van der Waals surface area contributed by atoms with Gasteiger partial charge in [0, 0.05) is 6.54 Å². The number of carbonyl (C=O) groups is 1. The van der Waals surface area contributed by atoms with Gasteiger partial charge in [-0.1, -0.05) is 30.3 Å². The average molecular weight is 449 g/mol. The van der Waals surface area contributed by atoms with Crippen molar-refractivity contribution in [1.82, 2.24) is 5.32 Å². The second-order valence-electron chi connectivity index (χ2n) is 7.39. The van der Waals surface area contributed by atoms with Crippen molar-refractivity contribution < 1.29 is 28.6 Å². The molecule has 0 saturated carbocycles. The lowest BCUT2D eigenvalue weighted by molar-refractivity contribution is -0.139. The van der Waals surface area contributed by atoms with Gasteiger partial charge in [-0.25, -0.2) is 4.39 Å². The van der Waals surface area contributed by atoms with E-state index in [-0.39, 0.29) is 46.7 Å². The van der Waals surface area contributed by atoms with Gasteiger partial charge in [-0.3, -0.25) is 14.9 Å². The van der Waals surface area contributed by atoms with E-state index in [0.717, 1.165) is 11.8 Å². The van der Waals surface area contributed by atoms with E-state index in [9.17, 15) is 24.2 Å². The van der Waals surface area contributed by atoms with Crippen molar-refractivity contribution in [1.29, 1.82) is 0 Å². The molecule has 7 nitrogen and oxygen atoms in total. The Morgan fingerprint density at radius 3 is 2.48 bits per heavy atom. The summed E-state index contributed by atoms with van der Waals surface area (Å²) in [6.07, 6.45) is 1.34. The summed E-state index contributed by atoms with van der Waals surface area (Å²) < 4.78 is 24.2. The van der Waals surface area contributed by atoms with Gasteiger partial charge < -0.3 is 19.4 Å². The summed E-state index contributed by atoms with van der Waals surface area (Å²) in [5.41, 5.74) is 0.717.